The number of nitrogens with one attached hydrogen (secondary N) is 2. The highest BCUT2D eigenvalue weighted by molar-refractivity contribution is 5.95. The molecule has 0 aromatic heterocycles. The lowest BCUT2D eigenvalue weighted by Crippen LogP contribution is -2.58. The number of aliphatic carboxylic acids is 2. The first-order chi connectivity index (χ1) is 16.4. The van der Waals surface area contributed by atoms with E-state index >= 15 is 0 Å². The summed E-state index contributed by atoms with van der Waals surface area (Å²) >= 11 is 0. The Morgan fingerprint density at radius 3 is 2.23 bits per heavy atom. The molecular formula is C23H32N4O8. The van der Waals surface area contributed by atoms with Crippen molar-refractivity contribution in [3.8, 4) is 5.75 Å². The van der Waals surface area contributed by atoms with E-state index in [-0.39, 0.29) is 31.1 Å². The molecule has 12 heteroatoms. The molecule has 35 heavy (non-hydrogen) atoms. The molecule has 192 valence electrons. The molecule has 7 N–H and O–H groups in total. The number of nitrogens with two attached hydrogens (primary N) is 1. The Hall–Kier alpha value is -3.67. The summed E-state index contributed by atoms with van der Waals surface area (Å²) in [5.41, 5.74) is 6.58. The molecule has 0 spiro atoms. The summed E-state index contributed by atoms with van der Waals surface area (Å²) in [6.07, 6.45) is -0.0279. The second kappa shape index (κ2) is 12.2. The number of amides is 3. The molecule has 0 bridgehead atoms. The van der Waals surface area contributed by atoms with Crippen molar-refractivity contribution in [2.75, 3.05) is 6.54 Å². The van der Waals surface area contributed by atoms with Crippen LogP contribution in [0.5, 0.6) is 5.75 Å². The number of aromatic hydroxyl groups is 1. The van der Waals surface area contributed by atoms with Gasteiger partial charge in [-0.05, 0) is 36.5 Å². The van der Waals surface area contributed by atoms with Crippen LogP contribution in [0.15, 0.2) is 24.3 Å². The van der Waals surface area contributed by atoms with Crippen molar-refractivity contribution in [2.45, 2.75) is 63.7 Å². The van der Waals surface area contributed by atoms with E-state index in [9.17, 15) is 34.2 Å². The van der Waals surface area contributed by atoms with Crippen molar-refractivity contribution >= 4 is 29.7 Å². The summed E-state index contributed by atoms with van der Waals surface area (Å²) in [4.78, 5) is 62.5. The van der Waals surface area contributed by atoms with Gasteiger partial charge in [-0.25, -0.2) is 4.79 Å². The Morgan fingerprint density at radius 1 is 1.06 bits per heavy atom. The molecule has 0 saturated carbocycles. The number of carbonyl (C=O) groups is 5. The van der Waals surface area contributed by atoms with Gasteiger partial charge in [0, 0.05) is 13.0 Å². The monoisotopic (exact) mass is 492 g/mol. The van der Waals surface area contributed by atoms with Crippen LogP contribution in [0.1, 0.15) is 38.7 Å². The van der Waals surface area contributed by atoms with Crippen LogP contribution < -0.4 is 16.4 Å². The molecule has 1 aliphatic heterocycles. The minimum atomic E-state index is -1.64. The zero-order valence-electron chi connectivity index (χ0n) is 19.6. The average molecular weight is 493 g/mol. The number of carboxylic acids is 2. The van der Waals surface area contributed by atoms with E-state index in [0.717, 1.165) is 0 Å². The number of benzene rings is 1. The van der Waals surface area contributed by atoms with Gasteiger partial charge in [0.2, 0.25) is 17.7 Å². The molecule has 1 heterocycles. The van der Waals surface area contributed by atoms with Gasteiger partial charge in [-0.2, -0.15) is 0 Å². The number of rotatable bonds is 11. The topological polar surface area (TPSA) is 199 Å². The second-order valence-corrected chi connectivity index (χ2v) is 8.89. The quantitative estimate of drug-likeness (QED) is 0.234. The summed E-state index contributed by atoms with van der Waals surface area (Å²) in [6, 6.07) is 1.49. The fourth-order valence-corrected chi connectivity index (χ4v) is 3.78. The first-order valence-corrected chi connectivity index (χ1v) is 11.3. The molecule has 1 aliphatic rings. The van der Waals surface area contributed by atoms with Gasteiger partial charge in [-0.15, -0.1) is 0 Å². The molecule has 12 nitrogen and oxygen atoms in total. The summed E-state index contributed by atoms with van der Waals surface area (Å²) in [5.74, 6) is -4.92. The number of carboxylic acid groups (broad SMARTS) is 2. The van der Waals surface area contributed by atoms with Gasteiger partial charge >= 0.3 is 11.9 Å². The molecule has 1 fully saturated rings. The molecular weight excluding hydrogens is 460 g/mol. The van der Waals surface area contributed by atoms with Gasteiger partial charge in [0.25, 0.3) is 0 Å². The number of phenols is 1. The van der Waals surface area contributed by atoms with Crippen molar-refractivity contribution in [1.82, 2.24) is 15.5 Å². The van der Waals surface area contributed by atoms with Crippen LogP contribution >= 0.6 is 0 Å². The van der Waals surface area contributed by atoms with Crippen molar-refractivity contribution in [2.24, 2.45) is 11.7 Å². The minimum Gasteiger partial charge on any atom is -0.508 e. The molecule has 2 rings (SSSR count). The molecule has 3 amide bonds. The van der Waals surface area contributed by atoms with Crippen LogP contribution in [0, 0.1) is 5.92 Å². The van der Waals surface area contributed by atoms with E-state index in [1.54, 1.807) is 26.0 Å². The summed E-state index contributed by atoms with van der Waals surface area (Å²) in [7, 11) is 0. The largest absolute Gasteiger partial charge is 0.508 e. The molecule has 1 saturated heterocycles. The van der Waals surface area contributed by atoms with Gasteiger partial charge in [0.1, 0.15) is 23.9 Å². The third kappa shape index (κ3) is 7.67. The van der Waals surface area contributed by atoms with Crippen molar-refractivity contribution in [3.63, 3.8) is 0 Å². The van der Waals surface area contributed by atoms with Crippen molar-refractivity contribution < 1.29 is 39.3 Å². The summed E-state index contributed by atoms with van der Waals surface area (Å²) < 4.78 is 0. The fourth-order valence-electron chi connectivity index (χ4n) is 3.78. The lowest BCUT2D eigenvalue weighted by atomic mass is 10.0. The normalized spacial score (nSPS) is 17.9. The Kier molecular flexibility index (Phi) is 9.58. The highest BCUT2D eigenvalue weighted by Crippen LogP contribution is 2.21. The lowest BCUT2D eigenvalue weighted by Gasteiger charge is -2.30. The standard InChI is InChI=1S/C23H32N4O8/c1-12(2)19(24)21(32)25-15(10-13-5-7-14(28)8-6-13)22(33)27-9-3-4-17(27)20(31)26-16(23(34)35)11-18(29)30/h5-8,12,15-17,19,28H,3-4,9-11,24H2,1-2H3,(H,25,32)(H,26,31)(H,29,30)(H,34,35)/t15-,16-,17-,19-/m0/s1. The van der Waals surface area contributed by atoms with Gasteiger partial charge < -0.3 is 36.6 Å². The highest BCUT2D eigenvalue weighted by atomic mass is 16.4. The zero-order valence-corrected chi connectivity index (χ0v) is 19.6. The molecule has 1 aromatic carbocycles. The fraction of sp³-hybridized carbons (Fsp3) is 0.522. The number of nitrogens with zero attached hydrogens (tertiary/aromatic N) is 1. The Bertz CT molecular complexity index is 949. The van der Waals surface area contributed by atoms with Gasteiger partial charge in [-0.3, -0.25) is 19.2 Å². The van der Waals surface area contributed by atoms with E-state index in [0.29, 0.717) is 12.0 Å². The number of carbonyl (C=O) groups excluding carboxylic acids is 3. The van der Waals surface area contributed by atoms with Crippen LogP contribution in [0.3, 0.4) is 0 Å². The van der Waals surface area contributed by atoms with Crippen LogP contribution in [0.25, 0.3) is 0 Å². The Labute approximate surface area is 202 Å². The van der Waals surface area contributed by atoms with Crippen LogP contribution in [0.2, 0.25) is 0 Å². The van der Waals surface area contributed by atoms with Crippen LogP contribution in [-0.2, 0) is 30.4 Å². The molecule has 0 aliphatic carbocycles. The van der Waals surface area contributed by atoms with Gasteiger partial charge in [-0.1, -0.05) is 26.0 Å². The van der Waals surface area contributed by atoms with E-state index in [4.69, 9.17) is 10.8 Å². The maximum atomic E-state index is 13.5. The predicted octanol–water partition coefficient (Wildman–Crippen LogP) is -0.562. The van der Waals surface area contributed by atoms with E-state index in [2.05, 4.69) is 10.6 Å². The van der Waals surface area contributed by atoms with Crippen LogP contribution in [-0.4, -0.2) is 80.6 Å². The summed E-state index contributed by atoms with van der Waals surface area (Å²) in [6.45, 7) is 3.72. The Morgan fingerprint density at radius 2 is 1.69 bits per heavy atom. The second-order valence-electron chi connectivity index (χ2n) is 8.89. The third-order valence-electron chi connectivity index (χ3n) is 5.84. The van der Waals surface area contributed by atoms with Crippen LogP contribution in [0.4, 0.5) is 0 Å². The minimum absolute atomic E-state index is 0.0353. The molecule has 1 aromatic rings. The van der Waals surface area contributed by atoms with E-state index < -0.39 is 60.2 Å². The molecule has 4 atom stereocenters. The first-order valence-electron chi connectivity index (χ1n) is 11.3. The van der Waals surface area contributed by atoms with Gasteiger partial charge in [0.05, 0.1) is 12.5 Å². The SMILES string of the molecule is CC(C)[C@H](N)C(=O)N[C@@H](Cc1ccc(O)cc1)C(=O)N1CCC[C@H]1C(=O)N[C@@H](CC(=O)O)C(=O)O. The number of hydrogen-bond donors (Lipinski definition) is 6. The maximum Gasteiger partial charge on any atom is 0.326 e. The first kappa shape index (κ1) is 27.6. The zero-order chi connectivity index (χ0) is 26.3. The van der Waals surface area contributed by atoms with E-state index in [1.165, 1.54) is 17.0 Å². The predicted molar refractivity (Wildman–Crippen MR) is 123 cm³/mol. The van der Waals surface area contributed by atoms with Gasteiger partial charge in [0.15, 0.2) is 0 Å². The molecule has 0 unspecified atom stereocenters. The lowest BCUT2D eigenvalue weighted by molar-refractivity contribution is -0.148. The van der Waals surface area contributed by atoms with Crippen molar-refractivity contribution in [1.29, 1.82) is 0 Å². The number of likely N-dealkylation sites (tertiary alicyclic amines) is 1. The third-order valence-corrected chi connectivity index (χ3v) is 5.84. The smallest absolute Gasteiger partial charge is 0.326 e. The van der Waals surface area contributed by atoms with Crippen molar-refractivity contribution in [3.05, 3.63) is 29.8 Å². The molecule has 0 radical (unpaired) electrons. The average Bonchev–Trinajstić information content (AvgIpc) is 3.28. The number of phenolic OH excluding ortho intramolecular Hbond substituents is 1. The van der Waals surface area contributed by atoms with E-state index in [1.807, 2.05) is 0 Å². The maximum absolute atomic E-state index is 13.5. The summed E-state index contributed by atoms with van der Waals surface area (Å²) in [5, 5.41) is 32.5. The Balaban J connectivity index is 2.24. The highest BCUT2D eigenvalue weighted by Gasteiger charge is 2.39. The number of hydrogen-bond acceptors (Lipinski definition) is 7.